The van der Waals surface area contributed by atoms with Crippen molar-refractivity contribution in [3.63, 3.8) is 0 Å². The van der Waals surface area contributed by atoms with Crippen LogP contribution in [0.2, 0.25) is 0 Å². The molecule has 2 aromatic carbocycles. The van der Waals surface area contributed by atoms with Gasteiger partial charge >= 0.3 is 0 Å². The van der Waals surface area contributed by atoms with Gasteiger partial charge in [0.25, 0.3) is 0 Å². The zero-order valence-electron chi connectivity index (χ0n) is 14.4. The van der Waals surface area contributed by atoms with Crippen molar-refractivity contribution in [1.29, 1.82) is 0 Å². The van der Waals surface area contributed by atoms with E-state index in [0.717, 1.165) is 23.2 Å². The number of hydrogen-bond donors (Lipinski definition) is 1. The smallest absolute Gasteiger partial charge is 0.145 e. The van der Waals surface area contributed by atoms with Crippen LogP contribution in [0.15, 0.2) is 36.5 Å². The van der Waals surface area contributed by atoms with Gasteiger partial charge in [-0.1, -0.05) is 24.3 Å². The quantitative estimate of drug-likeness (QED) is 0.793. The minimum Gasteiger partial charge on any atom is -0.506 e. The maximum absolute atomic E-state index is 10.4. The second-order valence-electron chi connectivity index (χ2n) is 5.84. The maximum atomic E-state index is 10.4. The molecule has 0 unspecified atom stereocenters. The maximum Gasteiger partial charge on any atom is 0.145 e. The first kappa shape index (κ1) is 16.1. The molecule has 0 saturated carbocycles. The molecule has 0 radical (unpaired) electrons. The van der Waals surface area contributed by atoms with E-state index in [-0.39, 0.29) is 5.75 Å². The van der Waals surface area contributed by atoms with Crippen molar-refractivity contribution in [1.82, 2.24) is 15.0 Å². The SMILES string of the molecule is CCc1cc(-n2nncc2-c2ccc(C)c(C)c2)c(O)cc1OC. The van der Waals surface area contributed by atoms with E-state index < -0.39 is 0 Å². The molecule has 3 aromatic rings. The number of phenolic OH excluding ortho intramolecular Hbond substituents is 1. The summed E-state index contributed by atoms with van der Waals surface area (Å²) in [5.74, 6) is 0.784. The molecule has 0 aliphatic carbocycles. The average molecular weight is 323 g/mol. The molecule has 0 amide bonds. The van der Waals surface area contributed by atoms with Crippen LogP contribution in [0.25, 0.3) is 16.9 Å². The minimum atomic E-state index is 0.111. The Labute approximate surface area is 141 Å². The van der Waals surface area contributed by atoms with E-state index in [2.05, 4.69) is 36.3 Å². The topological polar surface area (TPSA) is 60.2 Å². The molecule has 24 heavy (non-hydrogen) atoms. The Morgan fingerprint density at radius 1 is 1.12 bits per heavy atom. The summed E-state index contributed by atoms with van der Waals surface area (Å²) in [6.07, 6.45) is 2.50. The number of methoxy groups -OCH3 is 1. The summed E-state index contributed by atoms with van der Waals surface area (Å²) in [4.78, 5) is 0. The van der Waals surface area contributed by atoms with Gasteiger partial charge in [-0.2, -0.15) is 0 Å². The lowest BCUT2D eigenvalue weighted by atomic mass is 10.0. The van der Waals surface area contributed by atoms with Gasteiger partial charge in [0.15, 0.2) is 0 Å². The summed E-state index contributed by atoms with van der Waals surface area (Å²) in [6.45, 7) is 6.20. The lowest BCUT2D eigenvalue weighted by Crippen LogP contribution is -2.02. The number of benzene rings is 2. The van der Waals surface area contributed by atoms with Crippen LogP contribution in [0, 0.1) is 13.8 Å². The highest BCUT2D eigenvalue weighted by Crippen LogP contribution is 2.33. The Morgan fingerprint density at radius 3 is 2.58 bits per heavy atom. The second-order valence-corrected chi connectivity index (χ2v) is 5.84. The van der Waals surface area contributed by atoms with Crippen molar-refractivity contribution in [2.45, 2.75) is 27.2 Å². The molecule has 0 saturated heterocycles. The summed E-state index contributed by atoms with van der Waals surface area (Å²) in [7, 11) is 1.60. The highest BCUT2D eigenvalue weighted by Gasteiger charge is 2.15. The van der Waals surface area contributed by atoms with E-state index in [1.807, 2.05) is 19.1 Å². The van der Waals surface area contributed by atoms with Crippen molar-refractivity contribution in [3.8, 4) is 28.4 Å². The number of aromatic hydroxyl groups is 1. The molecule has 0 aliphatic rings. The lowest BCUT2D eigenvalue weighted by Gasteiger charge is -2.13. The van der Waals surface area contributed by atoms with Crippen molar-refractivity contribution >= 4 is 0 Å². The number of hydrogen-bond acceptors (Lipinski definition) is 4. The Bertz CT molecular complexity index is 884. The van der Waals surface area contributed by atoms with E-state index in [1.165, 1.54) is 11.1 Å². The van der Waals surface area contributed by atoms with Crippen LogP contribution in [-0.4, -0.2) is 27.2 Å². The Morgan fingerprint density at radius 2 is 1.92 bits per heavy atom. The highest BCUT2D eigenvalue weighted by atomic mass is 16.5. The Kier molecular flexibility index (Phi) is 4.25. The van der Waals surface area contributed by atoms with Crippen LogP contribution in [0.1, 0.15) is 23.6 Å². The van der Waals surface area contributed by atoms with Crippen LogP contribution in [0.3, 0.4) is 0 Å². The van der Waals surface area contributed by atoms with Gasteiger partial charge in [-0.25, -0.2) is 4.68 Å². The zero-order chi connectivity index (χ0) is 17.3. The van der Waals surface area contributed by atoms with Crippen LogP contribution >= 0.6 is 0 Å². The third kappa shape index (κ3) is 2.73. The molecular weight excluding hydrogens is 302 g/mol. The predicted molar refractivity (Wildman–Crippen MR) is 93.9 cm³/mol. The fourth-order valence-corrected chi connectivity index (χ4v) is 2.75. The molecule has 1 aromatic heterocycles. The largest absolute Gasteiger partial charge is 0.506 e. The first-order valence-electron chi connectivity index (χ1n) is 7.93. The number of rotatable bonds is 4. The van der Waals surface area contributed by atoms with Crippen LogP contribution in [0.4, 0.5) is 0 Å². The van der Waals surface area contributed by atoms with Crippen LogP contribution in [0.5, 0.6) is 11.5 Å². The fourth-order valence-electron chi connectivity index (χ4n) is 2.75. The number of ether oxygens (including phenoxy) is 1. The minimum absolute atomic E-state index is 0.111. The molecule has 0 spiro atoms. The number of nitrogens with zero attached hydrogens (tertiary/aromatic N) is 3. The van der Waals surface area contributed by atoms with Gasteiger partial charge in [0, 0.05) is 11.6 Å². The third-order valence-corrected chi connectivity index (χ3v) is 4.34. The van der Waals surface area contributed by atoms with Gasteiger partial charge in [-0.05, 0) is 49.1 Å². The summed E-state index contributed by atoms with van der Waals surface area (Å²) in [5, 5.41) is 18.6. The molecule has 1 heterocycles. The number of aromatic nitrogens is 3. The van der Waals surface area contributed by atoms with Gasteiger partial charge < -0.3 is 9.84 Å². The first-order valence-corrected chi connectivity index (χ1v) is 7.93. The normalized spacial score (nSPS) is 10.8. The van der Waals surface area contributed by atoms with E-state index in [1.54, 1.807) is 24.1 Å². The number of aryl methyl sites for hydroxylation is 3. The summed E-state index contributed by atoms with van der Waals surface area (Å²) in [5.41, 5.74) is 5.88. The molecule has 0 fully saturated rings. The monoisotopic (exact) mass is 323 g/mol. The summed E-state index contributed by atoms with van der Waals surface area (Å²) in [6, 6.07) is 9.74. The third-order valence-electron chi connectivity index (χ3n) is 4.34. The van der Waals surface area contributed by atoms with Gasteiger partial charge in [-0.3, -0.25) is 0 Å². The van der Waals surface area contributed by atoms with E-state index in [0.29, 0.717) is 11.4 Å². The van der Waals surface area contributed by atoms with Gasteiger partial charge in [-0.15, -0.1) is 5.10 Å². The fraction of sp³-hybridized carbons (Fsp3) is 0.263. The molecule has 0 atom stereocenters. The predicted octanol–water partition coefficient (Wildman–Crippen LogP) is 3.83. The Balaban J connectivity index is 2.15. The molecule has 0 bridgehead atoms. The summed E-state index contributed by atoms with van der Waals surface area (Å²) < 4.78 is 6.99. The van der Waals surface area contributed by atoms with Crippen LogP contribution in [-0.2, 0) is 6.42 Å². The van der Waals surface area contributed by atoms with Crippen molar-refractivity contribution in [3.05, 3.63) is 53.2 Å². The average Bonchev–Trinajstić information content (AvgIpc) is 3.06. The molecule has 5 nitrogen and oxygen atoms in total. The standard InChI is InChI=1S/C19H21N3O2/c1-5-14-9-16(18(23)10-19(14)24-4)22-17(11-20-21-22)15-7-6-12(2)13(3)8-15/h6-11,23H,5H2,1-4H3. The first-order chi connectivity index (χ1) is 11.5. The summed E-state index contributed by atoms with van der Waals surface area (Å²) >= 11 is 0. The number of phenols is 1. The Hall–Kier alpha value is -2.82. The van der Waals surface area contributed by atoms with E-state index in [9.17, 15) is 5.11 Å². The van der Waals surface area contributed by atoms with Crippen molar-refractivity contribution < 1.29 is 9.84 Å². The van der Waals surface area contributed by atoms with Crippen molar-refractivity contribution in [2.75, 3.05) is 7.11 Å². The van der Waals surface area contributed by atoms with Gasteiger partial charge in [0.05, 0.1) is 19.0 Å². The molecule has 5 heteroatoms. The highest BCUT2D eigenvalue weighted by molar-refractivity contribution is 5.65. The van der Waals surface area contributed by atoms with E-state index in [4.69, 9.17) is 4.74 Å². The molecule has 1 N–H and O–H groups in total. The van der Waals surface area contributed by atoms with Gasteiger partial charge in [0.2, 0.25) is 0 Å². The second kappa shape index (κ2) is 6.35. The molecule has 3 rings (SSSR count). The molecule has 0 aliphatic heterocycles. The van der Waals surface area contributed by atoms with Crippen LogP contribution < -0.4 is 4.74 Å². The van der Waals surface area contributed by atoms with E-state index >= 15 is 0 Å². The van der Waals surface area contributed by atoms with Gasteiger partial charge in [0.1, 0.15) is 17.2 Å². The molecule has 124 valence electrons. The lowest BCUT2D eigenvalue weighted by molar-refractivity contribution is 0.402. The van der Waals surface area contributed by atoms with Crippen molar-refractivity contribution in [2.24, 2.45) is 0 Å². The zero-order valence-corrected chi connectivity index (χ0v) is 14.4. The molecular formula is C19H21N3O2.